The van der Waals surface area contributed by atoms with Crippen LogP contribution in [0.1, 0.15) is 119 Å². The monoisotopic (exact) mass is 465 g/mol. The summed E-state index contributed by atoms with van der Waals surface area (Å²) in [6.07, 6.45) is 19.0. The van der Waals surface area contributed by atoms with Crippen LogP contribution in [-0.2, 0) is 0 Å². The first kappa shape index (κ1) is 24.1. The number of nitrogens with zero attached hydrogens (tertiary/aromatic N) is 1. The Kier molecular flexibility index (Phi) is 4.79. The highest BCUT2D eigenvalue weighted by Crippen LogP contribution is 3.00. The van der Waals surface area contributed by atoms with Crippen molar-refractivity contribution in [2.75, 3.05) is 20.6 Å². The lowest BCUT2D eigenvalue weighted by Crippen LogP contribution is -2.57. The van der Waals surface area contributed by atoms with Crippen LogP contribution in [-0.4, -0.2) is 25.5 Å². The average molecular weight is 466 g/mol. The Bertz CT molecular complexity index is 910. The van der Waals surface area contributed by atoms with Crippen molar-refractivity contribution < 1.29 is 0 Å². The summed E-state index contributed by atoms with van der Waals surface area (Å²) in [4.78, 5) is 2.45. The molecule has 0 aromatic carbocycles. The summed E-state index contributed by atoms with van der Waals surface area (Å²) < 4.78 is 0. The van der Waals surface area contributed by atoms with E-state index in [1.807, 2.05) is 5.57 Å². The molecule has 0 amide bonds. The van der Waals surface area contributed by atoms with E-state index in [1.54, 1.807) is 0 Å². The van der Waals surface area contributed by atoms with Crippen LogP contribution in [0.25, 0.3) is 0 Å². The molecule has 6 aliphatic carbocycles. The van der Waals surface area contributed by atoms with Gasteiger partial charge in [-0.3, -0.25) is 0 Å². The molecule has 0 aromatic rings. The van der Waals surface area contributed by atoms with Gasteiger partial charge in [0.25, 0.3) is 0 Å². The summed E-state index contributed by atoms with van der Waals surface area (Å²) in [5.41, 5.74) is 5.72. The Morgan fingerprint density at radius 1 is 0.853 bits per heavy atom. The molecular formula is C33H55N. The van der Waals surface area contributed by atoms with Crippen molar-refractivity contribution in [2.45, 2.75) is 119 Å². The fourth-order valence-electron chi connectivity index (χ4n) is 12.9. The maximum atomic E-state index is 2.94. The van der Waals surface area contributed by atoms with E-state index in [0.29, 0.717) is 37.9 Å². The average Bonchev–Trinajstić information content (AvgIpc) is 3.08. The van der Waals surface area contributed by atoms with Crippen molar-refractivity contribution in [1.82, 2.24) is 4.90 Å². The van der Waals surface area contributed by atoms with Crippen molar-refractivity contribution in [1.29, 1.82) is 0 Å². The predicted molar refractivity (Wildman–Crippen MR) is 145 cm³/mol. The van der Waals surface area contributed by atoms with Gasteiger partial charge in [0, 0.05) is 0 Å². The van der Waals surface area contributed by atoms with Gasteiger partial charge < -0.3 is 4.90 Å². The first-order valence-corrected chi connectivity index (χ1v) is 15.1. The minimum absolute atomic E-state index is 0.414. The van der Waals surface area contributed by atoms with Crippen LogP contribution in [0.2, 0.25) is 0 Å². The second kappa shape index (κ2) is 6.76. The van der Waals surface area contributed by atoms with E-state index in [9.17, 15) is 0 Å². The van der Waals surface area contributed by atoms with E-state index in [4.69, 9.17) is 0 Å². The zero-order valence-corrected chi connectivity index (χ0v) is 24.2. The molecule has 0 heterocycles. The minimum Gasteiger partial charge on any atom is -0.309 e. The number of rotatable bonds is 3. The zero-order valence-electron chi connectivity index (χ0n) is 24.2. The SMILES string of the molecule is CC1CCC2(C)C3(CCC4(C)C23CC=C2C3CC(C)(C)CCC3(CCN(C)C)CC[C@]24C)C1C. The molecule has 1 nitrogen and oxygen atoms in total. The molecule has 0 aliphatic heterocycles. The molecule has 0 bridgehead atoms. The molecule has 6 aliphatic rings. The Morgan fingerprint density at radius 2 is 1.56 bits per heavy atom. The van der Waals surface area contributed by atoms with Gasteiger partial charge in [0.05, 0.1) is 0 Å². The second-order valence-electron chi connectivity index (χ2n) is 16.4. The summed E-state index contributed by atoms with van der Waals surface area (Å²) in [6.45, 7) is 20.0. The fourth-order valence-corrected chi connectivity index (χ4v) is 12.9. The number of allylic oxidation sites excluding steroid dienone is 2. The van der Waals surface area contributed by atoms with E-state index < -0.39 is 0 Å². The van der Waals surface area contributed by atoms with Crippen LogP contribution >= 0.6 is 0 Å². The standard InChI is InChI=1S/C33H55N/c1-23-10-12-30(7)32(24(23)2)19-16-29(6)28(5)15-18-31(20-21-34(8)9)17-14-27(3,4)22-26(31)25(28)11-13-33(29,30)32/h11,23-24,26H,10,12-22H2,1-9H3/t23?,24?,26?,28-,29?,30?,31?,32?,33?/m1/s1. The van der Waals surface area contributed by atoms with E-state index in [-0.39, 0.29) is 0 Å². The molecule has 1 heteroatoms. The Labute approximate surface area is 211 Å². The van der Waals surface area contributed by atoms with Crippen molar-refractivity contribution in [3.8, 4) is 0 Å². The van der Waals surface area contributed by atoms with Crippen molar-refractivity contribution in [3.63, 3.8) is 0 Å². The van der Waals surface area contributed by atoms with Crippen molar-refractivity contribution >= 4 is 0 Å². The molecule has 2 spiro atoms. The van der Waals surface area contributed by atoms with Gasteiger partial charge in [-0.25, -0.2) is 0 Å². The smallest absolute Gasteiger partial charge is 0.00193 e. The normalized spacial score (nSPS) is 57.1. The predicted octanol–water partition coefficient (Wildman–Crippen LogP) is 8.74. The van der Waals surface area contributed by atoms with E-state index >= 15 is 0 Å². The molecule has 0 radical (unpaired) electrons. The summed E-state index contributed by atoms with van der Waals surface area (Å²) in [7, 11) is 4.57. The largest absolute Gasteiger partial charge is 0.309 e. The molecule has 0 aromatic heterocycles. The Morgan fingerprint density at radius 3 is 2.26 bits per heavy atom. The quantitative estimate of drug-likeness (QED) is 0.377. The van der Waals surface area contributed by atoms with Gasteiger partial charge in [-0.2, -0.15) is 0 Å². The van der Waals surface area contributed by atoms with E-state index in [0.717, 1.165) is 17.8 Å². The molecule has 8 unspecified atom stereocenters. The van der Waals surface area contributed by atoms with Gasteiger partial charge in [0.15, 0.2) is 0 Å². The third kappa shape index (κ3) is 2.35. The maximum Gasteiger partial charge on any atom is -0.00193 e. The molecule has 192 valence electrons. The fraction of sp³-hybridized carbons (Fsp3) is 0.939. The lowest BCUT2D eigenvalue weighted by atomic mass is 9.39. The first-order valence-electron chi connectivity index (χ1n) is 15.1. The highest BCUT2D eigenvalue weighted by atomic mass is 15.0. The van der Waals surface area contributed by atoms with Crippen LogP contribution in [0, 0.1) is 55.7 Å². The van der Waals surface area contributed by atoms with Crippen LogP contribution in [0.4, 0.5) is 0 Å². The van der Waals surface area contributed by atoms with Gasteiger partial charge in [0.1, 0.15) is 0 Å². The first-order chi connectivity index (χ1) is 15.8. The maximum absolute atomic E-state index is 2.94. The van der Waals surface area contributed by atoms with Gasteiger partial charge in [-0.05, 0) is 147 Å². The van der Waals surface area contributed by atoms with Crippen molar-refractivity contribution in [2.24, 2.45) is 55.7 Å². The van der Waals surface area contributed by atoms with Crippen LogP contribution in [0.5, 0.6) is 0 Å². The molecule has 5 saturated carbocycles. The van der Waals surface area contributed by atoms with Gasteiger partial charge in [0.2, 0.25) is 0 Å². The van der Waals surface area contributed by atoms with E-state index in [1.165, 1.54) is 77.2 Å². The number of hydrogen-bond donors (Lipinski definition) is 0. The molecular weight excluding hydrogens is 410 g/mol. The van der Waals surface area contributed by atoms with Crippen LogP contribution in [0.15, 0.2) is 11.6 Å². The molecule has 0 saturated heterocycles. The third-order valence-corrected chi connectivity index (χ3v) is 15.2. The van der Waals surface area contributed by atoms with Gasteiger partial charge in [-0.15, -0.1) is 0 Å². The lowest BCUT2D eigenvalue weighted by molar-refractivity contribution is -0.0910. The van der Waals surface area contributed by atoms with Crippen molar-refractivity contribution in [3.05, 3.63) is 11.6 Å². The van der Waals surface area contributed by atoms with Gasteiger partial charge in [-0.1, -0.05) is 60.1 Å². The number of hydrogen-bond acceptors (Lipinski definition) is 1. The third-order valence-electron chi connectivity index (χ3n) is 15.2. The van der Waals surface area contributed by atoms with Crippen LogP contribution < -0.4 is 0 Å². The molecule has 0 N–H and O–H groups in total. The van der Waals surface area contributed by atoms with Gasteiger partial charge >= 0.3 is 0 Å². The summed E-state index contributed by atoms with van der Waals surface area (Å²) in [5, 5.41) is 0. The summed E-state index contributed by atoms with van der Waals surface area (Å²) in [5.74, 6) is 2.64. The highest BCUT2D eigenvalue weighted by molar-refractivity contribution is 5.47. The molecule has 34 heavy (non-hydrogen) atoms. The Hall–Kier alpha value is -0.300. The zero-order chi connectivity index (χ0) is 24.6. The van der Waals surface area contributed by atoms with Crippen LogP contribution in [0.3, 0.4) is 0 Å². The Balaban J connectivity index is 1.46. The number of fused-ring (bicyclic) bond motifs is 4. The molecule has 6 rings (SSSR count). The second-order valence-corrected chi connectivity index (χ2v) is 16.4. The molecule has 5 fully saturated rings. The highest BCUT2D eigenvalue weighted by Gasteiger charge is 2.94. The minimum atomic E-state index is 0.414. The topological polar surface area (TPSA) is 3.24 Å². The molecule has 9 atom stereocenters. The summed E-state index contributed by atoms with van der Waals surface area (Å²) in [6, 6.07) is 0. The summed E-state index contributed by atoms with van der Waals surface area (Å²) >= 11 is 0. The van der Waals surface area contributed by atoms with E-state index in [2.05, 4.69) is 73.5 Å². The lowest BCUT2D eigenvalue weighted by Gasteiger charge is -2.65.